The van der Waals surface area contributed by atoms with Gasteiger partial charge in [0.2, 0.25) is 11.1 Å². The summed E-state index contributed by atoms with van der Waals surface area (Å²) in [7, 11) is 0. The average Bonchev–Trinajstić information content (AvgIpc) is 3.13. The van der Waals surface area contributed by atoms with Crippen LogP contribution in [0.2, 0.25) is 0 Å². The maximum Gasteiger partial charge on any atom is 0.234 e. The molecule has 2 heterocycles. The van der Waals surface area contributed by atoms with Gasteiger partial charge in [0.15, 0.2) is 5.82 Å². The van der Waals surface area contributed by atoms with Crippen molar-refractivity contribution in [2.24, 2.45) is 0 Å². The summed E-state index contributed by atoms with van der Waals surface area (Å²) < 4.78 is 27.5. The molecule has 0 bridgehead atoms. The number of nitrogen functional groups attached to an aromatic ring is 1. The highest BCUT2D eigenvalue weighted by Crippen LogP contribution is 2.25. The third-order valence-electron chi connectivity index (χ3n) is 2.88. The number of nitrogens with two attached hydrogens (primary N) is 1. The van der Waals surface area contributed by atoms with E-state index < -0.39 is 17.5 Å². The molecule has 0 aliphatic rings. The monoisotopic (exact) mass is 367 g/mol. The summed E-state index contributed by atoms with van der Waals surface area (Å²) in [6, 6.07) is 6.52. The van der Waals surface area contributed by atoms with Gasteiger partial charge in [0, 0.05) is 11.8 Å². The lowest BCUT2D eigenvalue weighted by Gasteiger charge is -2.05. The van der Waals surface area contributed by atoms with E-state index in [1.165, 1.54) is 16.0 Å². The van der Waals surface area contributed by atoms with Crippen LogP contribution in [0.4, 0.5) is 14.5 Å². The molecule has 0 atom stereocenters. The fraction of sp³-hybridized carbons (Fsp3) is 0.0714. The molecule has 0 radical (unpaired) electrons. The quantitative estimate of drug-likeness (QED) is 0.535. The predicted molar refractivity (Wildman–Crippen MR) is 89.2 cm³/mol. The number of thiophene rings is 1. The third kappa shape index (κ3) is 3.71. The second-order valence-corrected chi connectivity index (χ2v) is 6.54. The van der Waals surface area contributed by atoms with Crippen LogP contribution in [0.5, 0.6) is 0 Å². The van der Waals surface area contributed by atoms with Gasteiger partial charge in [0.25, 0.3) is 0 Å². The molecule has 3 N–H and O–H groups in total. The first-order valence-corrected chi connectivity index (χ1v) is 8.52. The Morgan fingerprint density at radius 1 is 1.29 bits per heavy atom. The molecule has 10 heteroatoms. The summed E-state index contributed by atoms with van der Waals surface area (Å²) >= 11 is 2.54. The van der Waals surface area contributed by atoms with E-state index >= 15 is 0 Å². The van der Waals surface area contributed by atoms with Gasteiger partial charge in [-0.3, -0.25) is 4.79 Å². The summed E-state index contributed by atoms with van der Waals surface area (Å²) in [4.78, 5) is 12.7. The number of hydrogen-bond acceptors (Lipinski definition) is 6. The number of nitrogens with zero attached hydrogens (tertiary/aromatic N) is 3. The number of benzene rings is 1. The topological polar surface area (TPSA) is 85.8 Å². The standard InChI is InChI=1S/C14H11F2N5OS2/c15-8-4-9(16)6-10(5-8)18-12(22)7-24-14-20-19-13(21(14)17)11-2-1-3-23-11/h1-6H,7,17H2,(H,18,22). The molecule has 1 amide bonds. The summed E-state index contributed by atoms with van der Waals surface area (Å²) in [5.41, 5.74) is 0.0478. The molecular weight excluding hydrogens is 356 g/mol. The fourth-order valence-corrected chi connectivity index (χ4v) is 3.26. The van der Waals surface area contributed by atoms with Crippen molar-refractivity contribution in [3.8, 4) is 10.7 Å². The van der Waals surface area contributed by atoms with Crippen molar-refractivity contribution in [3.05, 3.63) is 47.3 Å². The van der Waals surface area contributed by atoms with E-state index in [4.69, 9.17) is 5.84 Å². The van der Waals surface area contributed by atoms with Gasteiger partial charge in [-0.1, -0.05) is 17.8 Å². The molecule has 2 aromatic heterocycles. The van der Waals surface area contributed by atoms with Gasteiger partial charge in [-0.25, -0.2) is 13.5 Å². The van der Waals surface area contributed by atoms with Crippen molar-refractivity contribution in [1.82, 2.24) is 14.9 Å². The normalized spacial score (nSPS) is 10.8. The minimum absolute atomic E-state index is 0.0299. The largest absolute Gasteiger partial charge is 0.335 e. The molecule has 0 aliphatic heterocycles. The molecule has 0 fully saturated rings. The SMILES string of the molecule is Nn1c(SCC(=O)Nc2cc(F)cc(F)c2)nnc1-c1cccs1. The molecule has 0 spiro atoms. The molecule has 124 valence electrons. The summed E-state index contributed by atoms with van der Waals surface area (Å²) in [6.45, 7) is 0. The van der Waals surface area contributed by atoms with Gasteiger partial charge in [-0.15, -0.1) is 21.5 Å². The minimum Gasteiger partial charge on any atom is -0.335 e. The van der Waals surface area contributed by atoms with E-state index in [0.717, 1.165) is 34.8 Å². The lowest BCUT2D eigenvalue weighted by atomic mass is 10.3. The van der Waals surface area contributed by atoms with Gasteiger partial charge in [-0.05, 0) is 23.6 Å². The molecular formula is C14H11F2N5OS2. The minimum atomic E-state index is -0.764. The van der Waals surface area contributed by atoms with Crippen molar-refractivity contribution in [1.29, 1.82) is 0 Å². The zero-order valence-electron chi connectivity index (χ0n) is 12.1. The number of nitrogens with one attached hydrogen (secondary N) is 1. The molecule has 6 nitrogen and oxygen atoms in total. The lowest BCUT2D eigenvalue weighted by Crippen LogP contribution is -2.16. The Morgan fingerprint density at radius 3 is 2.71 bits per heavy atom. The molecule has 0 aliphatic carbocycles. The predicted octanol–water partition coefficient (Wildman–Crippen LogP) is 2.73. The van der Waals surface area contributed by atoms with E-state index in [0.29, 0.717) is 11.0 Å². The maximum atomic E-state index is 13.1. The molecule has 3 aromatic rings. The van der Waals surface area contributed by atoms with Crippen molar-refractivity contribution in [3.63, 3.8) is 0 Å². The van der Waals surface area contributed by atoms with Gasteiger partial charge in [0.1, 0.15) is 11.6 Å². The number of aromatic nitrogens is 3. The Bertz CT molecular complexity index is 846. The fourth-order valence-electron chi connectivity index (χ4n) is 1.90. The van der Waals surface area contributed by atoms with E-state index in [1.807, 2.05) is 17.5 Å². The molecule has 0 unspecified atom stereocenters. The smallest absolute Gasteiger partial charge is 0.234 e. The maximum absolute atomic E-state index is 13.1. The van der Waals surface area contributed by atoms with Crippen LogP contribution in [0, 0.1) is 11.6 Å². The van der Waals surface area contributed by atoms with E-state index in [9.17, 15) is 13.6 Å². The summed E-state index contributed by atoms with van der Waals surface area (Å²) in [5.74, 6) is 4.42. The van der Waals surface area contributed by atoms with Crippen molar-refractivity contribution >= 4 is 34.7 Å². The number of anilines is 1. The first kappa shape index (κ1) is 16.4. The molecule has 3 rings (SSSR count). The average molecular weight is 367 g/mol. The highest BCUT2D eigenvalue weighted by atomic mass is 32.2. The Labute approximate surface area is 143 Å². The second kappa shape index (κ2) is 6.97. The van der Waals surface area contributed by atoms with Crippen LogP contribution in [-0.2, 0) is 4.79 Å². The molecule has 1 aromatic carbocycles. The van der Waals surface area contributed by atoms with E-state index in [2.05, 4.69) is 15.5 Å². The van der Waals surface area contributed by atoms with Crippen LogP contribution in [-0.4, -0.2) is 26.5 Å². The highest BCUT2D eigenvalue weighted by Gasteiger charge is 2.14. The van der Waals surface area contributed by atoms with E-state index in [-0.39, 0.29) is 11.4 Å². The van der Waals surface area contributed by atoms with E-state index in [1.54, 1.807) is 0 Å². The van der Waals surface area contributed by atoms with Crippen LogP contribution in [0.15, 0.2) is 40.9 Å². The number of thioether (sulfide) groups is 1. The summed E-state index contributed by atoms with van der Waals surface area (Å²) in [5, 5.41) is 12.6. The second-order valence-electron chi connectivity index (χ2n) is 4.65. The van der Waals surface area contributed by atoms with Crippen LogP contribution >= 0.6 is 23.1 Å². The Morgan fingerprint density at radius 2 is 2.04 bits per heavy atom. The van der Waals surface area contributed by atoms with Crippen molar-refractivity contribution in [2.75, 3.05) is 16.9 Å². The Kier molecular flexibility index (Phi) is 4.76. The zero-order valence-corrected chi connectivity index (χ0v) is 13.7. The molecule has 24 heavy (non-hydrogen) atoms. The number of halogens is 2. The van der Waals surface area contributed by atoms with Crippen molar-refractivity contribution in [2.45, 2.75) is 5.16 Å². The third-order valence-corrected chi connectivity index (χ3v) is 4.69. The zero-order chi connectivity index (χ0) is 17.1. The summed E-state index contributed by atoms with van der Waals surface area (Å²) in [6.07, 6.45) is 0. The number of carbonyl (C=O) groups excluding carboxylic acids is 1. The molecule has 0 saturated carbocycles. The first-order chi connectivity index (χ1) is 11.5. The Hall–Kier alpha value is -2.46. The van der Waals surface area contributed by atoms with Gasteiger partial charge < -0.3 is 11.2 Å². The van der Waals surface area contributed by atoms with Gasteiger partial charge in [-0.2, -0.15) is 0 Å². The number of rotatable bonds is 5. The number of amides is 1. The lowest BCUT2D eigenvalue weighted by molar-refractivity contribution is -0.113. The van der Waals surface area contributed by atoms with Crippen LogP contribution < -0.4 is 11.2 Å². The first-order valence-electron chi connectivity index (χ1n) is 6.66. The Balaban J connectivity index is 1.62. The van der Waals surface area contributed by atoms with Crippen LogP contribution in [0.25, 0.3) is 10.7 Å². The number of carbonyl (C=O) groups is 1. The highest BCUT2D eigenvalue weighted by molar-refractivity contribution is 7.99. The number of hydrogen-bond donors (Lipinski definition) is 2. The van der Waals surface area contributed by atoms with Gasteiger partial charge >= 0.3 is 0 Å². The van der Waals surface area contributed by atoms with Crippen LogP contribution in [0.3, 0.4) is 0 Å². The van der Waals surface area contributed by atoms with Crippen LogP contribution in [0.1, 0.15) is 0 Å². The molecule has 0 saturated heterocycles. The van der Waals surface area contributed by atoms with Crippen molar-refractivity contribution < 1.29 is 13.6 Å². The van der Waals surface area contributed by atoms with Gasteiger partial charge in [0.05, 0.1) is 10.6 Å².